The van der Waals surface area contributed by atoms with Crippen LogP contribution in [0.4, 0.5) is 11.6 Å². The van der Waals surface area contributed by atoms with Gasteiger partial charge in [-0.3, -0.25) is 14.5 Å². The second-order valence-electron chi connectivity index (χ2n) is 8.38. The smallest absolute Gasteiger partial charge is 0.237 e. The Morgan fingerprint density at radius 3 is 2.48 bits per heavy atom. The molecule has 1 fully saturated rings. The summed E-state index contributed by atoms with van der Waals surface area (Å²) in [6.45, 7) is 3.44. The monoisotopic (exact) mass is 467 g/mol. The molecule has 0 aliphatic heterocycles. The maximum Gasteiger partial charge on any atom is 0.237 e. The molecule has 1 amide bonds. The third kappa shape index (κ3) is 5.11. The quantitative estimate of drug-likeness (QED) is 0.521. The largest absolute Gasteiger partial charge is 0.495 e. The Morgan fingerprint density at radius 2 is 1.82 bits per heavy atom. The number of anilines is 2. The van der Waals surface area contributed by atoms with Crippen molar-refractivity contribution in [3.05, 3.63) is 60.7 Å². The number of benzene rings is 1. The first-order valence-corrected chi connectivity index (χ1v) is 12.0. The van der Waals surface area contributed by atoms with Gasteiger partial charge in [0.25, 0.3) is 0 Å². The third-order valence-corrected chi connectivity index (χ3v) is 7.30. The highest BCUT2D eigenvalue weighted by Gasteiger charge is 2.37. The highest BCUT2D eigenvalue weighted by molar-refractivity contribution is 7.93. The SMILES string of the molecule is COc1cncc(-c2ccc(NC(=O)C(C)(C)c3ccnc(NS(=O)(=O)C4CC4)n3)cc2)c1. The number of ether oxygens (including phenoxy) is 1. The number of rotatable bonds is 8. The number of methoxy groups -OCH3 is 1. The van der Waals surface area contributed by atoms with E-state index >= 15 is 0 Å². The summed E-state index contributed by atoms with van der Waals surface area (Å²) in [5, 5.41) is 2.51. The van der Waals surface area contributed by atoms with Crippen LogP contribution in [0.3, 0.4) is 0 Å². The van der Waals surface area contributed by atoms with Crippen LogP contribution >= 0.6 is 0 Å². The Balaban J connectivity index is 1.48. The molecule has 0 saturated heterocycles. The third-order valence-electron chi connectivity index (χ3n) is 5.49. The lowest BCUT2D eigenvalue weighted by molar-refractivity contribution is -0.120. The molecule has 2 heterocycles. The number of nitrogens with one attached hydrogen (secondary N) is 2. The average Bonchev–Trinajstić information content (AvgIpc) is 3.66. The van der Waals surface area contributed by atoms with E-state index in [1.807, 2.05) is 18.2 Å². The van der Waals surface area contributed by atoms with Gasteiger partial charge in [0.05, 0.1) is 29.7 Å². The lowest BCUT2D eigenvalue weighted by Crippen LogP contribution is -2.36. The summed E-state index contributed by atoms with van der Waals surface area (Å²) in [4.78, 5) is 25.5. The highest BCUT2D eigenvalue weighted by atomic mass is 32.2. The van der Waals surface area contributed by atoms with Crippen LogP contribution in [0.15, 0.2) is 55.0 Å². The number of hydrogen-bond acceptors (Lipinski definition) is 7. The van der Waals surface area contributed by atoms with Crippen LogP contribution in [0, 0.1) is 0 Å². The summed E-state index contributed by atoms with van der Waals surface area (Å²) in [5.74, 6) is 0.347. The molecule has 4 rings (SSSR count). The molecule has 2 aromatic heterocycles. The van der Waals surface area contributed by atoms with Crippen molar-refractivity contribution in [1.82, 2.24) is 15.0 Å². The summed E-state index contributed by atoms with van der Waals surface area (Å²) >= 11 is 0. The summed E-state index contributed by atoms with van der Waals surface area (Å²) in [5.41, 5.74) is 1.83. The molecule has 10 heteroatoms. The normalized spacial score (nSPS) is 13.9. The van der Waals surface area contributed by atoms with Crippen molar-refractivity contribution in [3.8, 4) is 16.9 Å². The molecule has 33 heavy (non-hydrogen) atoms. The van der Waals surface area contributed by atoms with E-state index in [9.17, 15) is 13.2 Å². The van der Waals surface area contributed by atoms with E-state index in [2.05, 4.69) is 25.0 Å². The zero-order valence-corrected chi connectivity index (χ0v) is 19.4. The van der Waals surface area contributed by atoms with Gasteiger partial charge < -0.3 is 10.1 Å². The number of pyridine rings is 1. The average molecular weight is 468 g/mol. The topological polar surface area (TPSA) is 123 Å². The molecular weight excluding hydrogens is 442 g/mol. The molecule has 3 aromatic rings. The lowest BCUT2D eigenvalue weighted by atomic mass is 9.88. The van der Waals surface area contributed by atoms with E-state index in [0.717, 1.165) is 11.1 Å². The van der Waals surface area contributed by atoms with Gasteiger partial charge in [-0.25, -0.2) is 18.4 Å². The van der Waals surface area contributed by atoms with Gasteiger partial charge in [0.2, 0.25) is 21.9 Å². The first kappa shape index (κ1) is 22.7. The Hall–Kier alpha value is -3.53. The molecule has 2 N–H and O–H groups in total. The number of carbonyl (C=O) groups excluding carboxylic acids is 1. The molecular formula is C23H25N5O4S. The first-order valence-electron chi connectivity index (χ1n) is 10.4. The maximum absolute atomic E-state index is 13.1. The van der Waals surface area contributed by atoms with Gasteiger partial charge in [-0.1, -0.05) is 12.1 Å². The van der Waals surface area contributed by atoms with Gasteiger partial charge in [-0.15, -0.1) is 0 Å². The predicted octanol–water partition coefficient (Wildman–Crippen LogP) is 3.37. The van der Waals surface area contributed by atoms with Gasteiger partial charge >= 0.3 is 0 Å². The Labute approximate surface area is 192 Å². The van der Waals surface area contributed by atoms with E-state index in [1.165, 1.54) is 6.20 Å². The van der Waals surface area contributed by atoms with Crippen LogP contribution in [0.2, 0.25) is 0 Å². The Bertz CT molecular complexity index is 1270. The summed E-state index contributed by atoms with van der Waals surface area (Å²) in [6, 6.07) is 10.9. The minimum atomic E-state index is -3.49. The number of amides is 1. The molecule has 0 atom stereocenters. The van der Waals surface area contributed by atoms with Gasteiger partial charge in [0.15, 0.2) is 0 Å². The number of nitrogens with zero attached hydrogens (tertiary/aromatic N) is 3. The number of hydrogen-bond donors (Lipinski definition) is 2. The predicted molar refractivity (Wildman–Crippen MR) is 125 cm³/mol. The minimum Gasteiger partial charge on any atom is -0.495 e. The van der Waals surface area contributed by atoms with E-state index in [0.29, 0.717) is 30.0 Å². The number of aromatic nitrogens is 3. The zero-order chi connectivity index (χ0) is 23.6. The second-order valence-corrected chi connectivity index (χ2v) is 10.3. The Kier molecular flexibility index (Phi) is 6.03. The first-order chi connectivity index (χ1) is 15.7. The van der Waals surface area contributed by atoms with Crippen molar-refractivity contribution in [2.45, 2.75) is 37.4 Å². The molecule has 0 unspecified atom stereocenters. The van der Waals surface area contributed by atoms with E-state index < -0.39 is 20.7 Å². The van der Waals surface area contributed by atoms with E-state index in [-0.39, 0.29) is 11.9 Å². The Morgan fingerprint density at radius 1 is 1.09 bits per heavy atom. The highest BCUT2D eigenvalue weighted by Crippen LogP contribution is 2.30. The van der Waals surface area contributed by atoms with Crippen molar-refractivity contribution >= 4 is 27.6 Å². The van der Waals surface area contributed by atoms with Crippen LogP contribution in [-0.4, -0.2) is 41.6 Å². The van der Waals surface area contributed by atoms with Crippen molar-refractivity contribution < 1.29 is 17.9 Å². The lowest BCUT2D eigenvalue weighted by Gasteiger charge is -2.23. The molecule has 0 bridgehead atoms. The fourth-order valence-electron chi connectivity index (χ4n) is 3.18. The van der Waals surface area contributed by atoms with Gasteiger partial charge in [-0.2, -0.15) is 0 Å². The minimum absolute atomic E-state index is 0.0310. The van der Waals surface area contributed by atoms with Crippen LogP contribution < -0.4 is 14.8 Å². The second kappa shape index (κ2) is 8.78. The van der Waals surface area contributed by atoms with Crippen LogP contribution in [0.25, 0.3) is 11.1 Å². The molecule has 172 valence electrons. The van der Waals surface area contributed by atoms with E-state index in [1.54, 1.807) is 51.6 Å². The fraction of sp³-hybridized carbons (Fsp3) is 0.304. The standard InChI is InChI=1S/C23H25N5O4S/c1-23(2,20-10-11-25-22(27-20)28-33(30,31)19-8-9-19)21(29)26-17-6-4-15(5-7-17)16-12-18(32-3)14-24-13-16/h4-7,10-14,19H,8-9H2,1-3H3,(H,26,29)(H,25,27,28). The van der Waals surface area contributed by atoms with Gasteiger partial charge in [0, 0.05) is 23.6 Å². The van der Waals surface area contributed by atoms with Gasteiger partial charge in [0.1, 0.15) is 5.75 Å². The summed E-state index contributed by atoms with van der Waals surface area (Å²) in [7, 11) is -1.90. The number of carbonyl (C=O) groups is 1. The summed E-state index contributed by atoms with van der Waals surface area (Å²) < 4.78 is 32.0. The maximum atomic E-state index is 13.1. The van der Waals surface area contributed by atoms with Crippen LogP contribution in [0.1, 0.15) is 32.4 Å². The van der Waals surface area contributed by atoms with Crippen molar-refractivity contribution in [1.29, 1.82) is 0 Å². The van der Waals surface area contributed by atoms with Crippen molar-refractivity contribution in [3.63, 3.8) is 0 Å². The van der Waals surface area contributed by atoms with Crippen molar-refractivity contribution in [2.75, 3.05) is 17.1 Å². The molecule has 0 radical (unpaired) electrons. The van der Waals surface area contributed by atoms with Gasteiger partial charge in [-0.05, 0) is 56.5 Å². The zero-order valence-electron chi connectivity index (χ0n) is 18.6. The fourth-order valence-corrected chi connectivity index (χ4v) is 4.46. The molecule has 9 nitrogen and oxygen atoms in total. The van der Waals surface area contributed by atoms with E-state index in [4.69, 9.17) is 4.74 Å². The van der Waals surface area contributed by atoms with Crippen LogP contribution in [-0.2, 0) is 20.2 Å². The summed E-state index contributed by atoms with van der Waals surface area (Å²) in [6.07, 6.45) is 6.09. The van der Waals surface area contributed by atoms with Crippen molar-refractivity contribution in [2.24, 2.45) is 0 Å². The number of sulfonamides is 1. The van der Waals surface area contributed by atoms with Crippen LogP contribution in [0.5, 0.6) is 5.75 Å². The molecule has 1 aliphatic rings. The molecule has 1 aromatic carbocycles. The molecule has 1 aliphatic carbocycles. The molecule has 0 spiro atoms. The molecule has 1 saturated carbocycles.